The van der Waals surface area contributed by atoms with Crippen molar-refractivity contribution in [3.05, 3.63) is 23.9 Å². The minimum absolute atomic E-state index is 0.0770. The van der Waals surface area contributed by atoms with Crippen molar-refractivity contribution in [3.8, 4) is 0 Å². The average Bonchev–Trinajstić information content (AvgIpc) is 3.24. The second-order valence-corrected chi connectivity index (χ2v) is 11.7. The maximum absolute atomic E-state index is 13.3. The van der Waals surface area contributed by atoms with Crippen LogP contribution in [0.1, 0.15) is 58.1 Å². The molecule has 210 valence electrons. The van der Waals surface area contributed by atoms with E-state index >= 15 is 0 Å². The lowest BCUT2D eigenvalue weighted by Crippen LogP contribution is -2.52. The minimum atomic E-state index is -0.532. The van der Waals surface area contributed by atoms with Gasteiger partial charge in [-0.1, -0.05) is 12.1 Å². The van der Waals surface area contributed by atoms with Crippen molar-refractivity contribution in [1.82, 2.24) is 24.9 Å². The Labute approximate surface area is 228 Å². The Bertz CT molecular complexity index is 1280. The molecule has 3 saturated heterocycles. The van der Waals surface area contributed by atoms with Gasteiger partial charge in [-0.2, -0.15) is 5.10 Å². The number of amides is 4. The summed E-state index contributed by atoms with van der Waals surface area (Å²) >= 11 is 0. The van der Waals surface area contributed by atoms with E-state index in [9.17, 15) is 19.2 Å². The summed E-state index contributed by atoms with van der Waals surface area (Å²) in [5.41, 5.74) is 2.15. The van der Waals surface area contributed by atoms with E-state index < -0.39 is 11.5 Å². The molecule has 1 aromatic carbocycles. The van der Waals surface area contributed by atoms with Gasteiger partial charge in [0.15, 0.2) is 0 Å². The van der Waals surface area contributed by atoms with Crippen molar-refractivity contribution in [2.45, 2.75) is 58.0 Å². The van der Waals surface area contributed by atoms with Crippen molar-refractivity contribution >= 4 is 40.4 Å². The summed E-state index contributed by atoms with van der Waals surface area (Å²) in [6.45, 7) is 9.26. The summed E-state index contributed by atoms with van der Waals surface area (Å²) in [4.78, 5) is 55.7. The lowest BCUT2D eigenvalue weighted by atomic mass is 9.92. The minimum Gasteiger partial charge on any atom is -0.444 e. The molecule has 11 heteroatoms. The van der Waals surface area contributed by atoms with Gasteiger partial charge in [-0.05, 0) is 46.1 Å². The Hall–Kier alpha value is -3.63. The van der Waals surface area contributed by atoms with Crippen LogP contribution in [-0.4, -0.2) is 88.3 Å². The molecule has 1 unspecified atom stereocenters. The number of ether oxygens (including phenoxy) is 1. The molecule has 3 aliphatic rings. The number of nitrogens with zero attached hydrogens (tertiary/aromatic N) is 5. The van der Waals surface area contributed by atoms with Crippen molar-refractivity contribution in [1.29, 1.82) is 0 Å². The first kappa shape index (κ1) is 27.0. The van der Waals surface area contributed by atoms with Crippen molar-refractivity contribution in [2.24, 2.45) is 13.0 Å². The lowest BCUT2D eigenvalue weighted by molar-refractivity contribution is -0.137. The predicted octanol–water partition coefficient (Wildman–Crippen LogP) is 2.39. The first-order chi connectivity index (χ1) is 18.5. The number of aryl methyl sites for hydroxylation is 1. The van der Waals surface area contributed by atoms with Gasteiger partial charge >= 0.3 is 6.09 Å². The summed E-state index contributed by atoms with van der Waals surface area (Å²) in [6.07, 6.45) is 1.75. The number of hydrogen-bond acceptors (Lipinski definition) is 7. The van der Waals surface area contributed by atoms with E-state index in [1.54, 1.807) is 4.90 Å². The largest absolute Gasteiger partial charge is 0.444 e. The summed E-state index contributed by atoms with van der Waals surface area (Å²) in [5.74, 6) is -0.888. The molecule has 1 aromatic heterocycles. The van der Waals surface area contributed by atoms with Crippen LogP contribution in [0.3, 0.4) is 0 Å². The molecule has 3 fully saturated rings. The highest BCUT2D eigenvalue weighted by molar-refractivity contribution is 6.03. The van der Waals surface area contributed by atoms with Crippen LogP contribution in [0, 0.1) is 5.92 Å². The van der Waals surface area contributed by atoms with Gasteiger partial charge in [-0.15, -0.1) is 0 Å². The van der Waals surface area contributed by atoms with E-state index in [0.29, 0.717) is 70.6 Å². The number of piperazine rings is 1. The van der Waals surface area contributed by atoms with Crippen LogP contribution in [0.15, 0.2) is 18.2 Å². The second kappa shape index (κ2) is 10.5. The number of rotatable bonds is 3. The molecule has 0 aliphatic carbocycles. The molecular formula is C28H38N6O5. The number of carbonyl (C=O) groups is 4. The molecule has 0 spiro atoms. The van der Waals surface area contributed by atoms with Crippen molar-refractivity contribution in [3.63, 3.8) is 0 Å². The van der Waals surface area contributed by atoms with Crippen LogP contribution in [-0.2, 0) is 26.2 Å². The predicted molar refractivity (Wildman–Crippen MR) is 145 cm³/mol. The van der Waals surface area contributed by atoms with Crippen LogP contribution in [0.25, 0.3) is 10.9 Å². The summed E-state index contributed by atoms with van der Waals surface area (Å²) in [6, 6.07) is 6.02. The average molecular weight is 539 g/mol. The third-order valence-corrected chi connectivity index (χ3v) is 7.87. The summed E-state index contributed by atoms with van der Waals surface area (Å²) in [5, 5.41) is 8.06. The molecule has 0 saturated carbocycles. The first-order valence-corrected chi connectivity index (χ1v) is 13.8. The molecule has 39 heavy (non-hydrogen) atoms. The van der Waals surface area contributed by atoms with Gasteiger partial charge in [0.2, 0.25) is 17.7 Å². The number of carbonyl (C=O) groups excluding carboxylic acids is 4. The Morgan fingerprint density at radius 2 is 1.67 bits per heavy atom. The molecule has 0 radical (unpaired) electrons. The van der Waals surface area contributed by atoms with Gasteiger partial charge in [0, 0.05) is 64.0 Å². The number of benzene rings is 1. The highest BCUT2D eigenvalue weighted by atomic mass is 16.6. The molecule has 5 rings (SSSR count). The maximum atomic E-state index is 13.3. The van der Waals surface area contributed by atoms with Gasteiger partial charge < -0.3 is 19.4 Å². The highest BCUT2D eigenvalue weighted by Gasteiger charge is 2.35. The molecule has 4 amide bonds. The fourth-order valence-corrected chi connectivity index (χ4v) is 5.87. The third-order valence-electron chi connectivity index (χ3n) is 7.87. The molecule has 11 nitrogen and oxygen atoms in total. The van der Waals surface area contributed by atoms with Gasteiger partial charge in [0.05, 0.1) is 22.8 Å². The van der Waals surface area contributed by atoms with Crippen molar-refractivity contribution < 1.29 is 23.9 Å². The Morgan fingerprint density at radius 3 is 2.31 bits per heavy atom. The normalized spacial score (nSPS) is 21.3. The van der Waals surface area contributed by atoms with Crippen molar-refractivity contribution in [2.75, 3.05) is 44.2 Å². The molecule has 0 bridgehead atoms. The molecular weight excluding hydrogens is 500 g/mol. The zero-order chi connectivity index (χ0) is 27.9. The van der Waals surface area contributed by atoms with Gasteiger partial charge in [0.1, 0.15) is 5.60 Å². The van der Waals surface area contributed by atoms with Crippen LogP contribution < -0.4 is 10.2 Å². The van der Waals surface area contributed by atoms with E-state index in [-0.39, 0.29) is 29.7 Å². The number of piperidine rings is 2. The summed E-state index contributed by atoms with van der Waals surface area (Å²) < 4.78 is 7.29. The number of likely N-dealkylation sites (tertiary alicyclic amines) is 1. The monoisotopic (exact) mass is 538 g/mol. The summed E-state index contributed by atoms with van der Waals surface area (Å²) in [7, 11) is 1.88. The van der Waals surface area contributed by atoms with E-state index in [4.69, 9.17) is 9.84 Å². The quantitative estimate of drug-likeness (QED) is 0.597. The third kappa shape index (κ3) is 5.58. The van der Waals surface area contributed by atoms with Crippen LogP contribution in [0.2, 0.25) is 0 Å². The topological polar surface area (TPSA) is 117 Å². The Morgan fingerprint density at radius 1 is 0.974 bits per heavy atom. The fourth-order valence-electron chi connectivity index (χ4n) is 5.87. The zero-order valence-electron chi connectivity index (χ0n) is 23.2. The standard InChI is InChI=1S/C28H38N6O5/c1-28(2,3)39-27(38)34-12-10-18(11-13-34)26(37)33-16-14-32(15-17-33)21-7-5-6-19-23(30-31(4)24(19)21)20-8-9-22(35)29-25(20)36/h5-7,18,20H,8-17H2,1-4H3,(H,29,35,36). The number of nitrogens with one attached hydrogen (secondary N) is 1. The number of imide groups is 1. The van der Waals surface area contributed by atoms with Gasteiger partial charge in [-0.3, -0.25) is 24.4 Å². The number of aromatic nitrogens is 2. The SMILES string of the molecule is Cn1nc(C2CCC(=O)NC2=O)c2cccc(N3CCN(C(=O)C4CCN(C(=O)OC(C)(C)C)CC4)CC3)c21. The van der Waals surface area contributed by atoms with Gasteiger partial charge in [-0.25, -0.2) is 4.79 Å². The number of hydrogen-bond donors (Lipinski definition) is 1. The molecule has 1 N–H and O–H groups in total. The maximum Gasteiger partial charge on any atom is 0.410 e. The molecule has 1 atom stereocenters. The lowest BCUT2D eigenvalue weighted by Gasteiger charge is -2.39. The molecule has 2 aromatic rings. The number of anilines is 1. The van der Waals surface area contributed by atoms with E-state index in [0.717, 1.165) is 16.6 Å². The smallest absolute Gasteiger partial charge is 0.410 e. The highest BCUT2D eigenvalue weighted by Crippen LogP contribution is 2.35. The van der Waals surface area contributed by atoms with E-state index in [1.165, 1.54) is 0 Å². The molecule has 3 aliphatic heterocycles. The van der Waals surface area contributed by atoms with Gasteiger partial charge in [0.25, 0.3) is 0 Å². The van der Waals surface area contributed by atoms with E-state index in [1.807, 2.05) is 49.5 Å². The number of fused-ring (bicyclic) bond motifs is 1. The number of para-hydroxylation sites is 1. The van der Waals surface area contributed by atoms with Crippen LogP contribution >= 0.6 is 0 Å². The van der Waals surface area contributed by atoms with Crippen LogP contribution in [0.4, 0.5) is 10.5 Å². The Kier molecular flexibility index (Phi) is 7.26. The molecule has 4 heterocycles. The second-order valence-electron chi connectivity index (χ2n) is 11.7. The fraction of sp³-hybridized carbons (Fsp3) is 0.607. The van der Waals surface area contributed by atoms with E-state index in [2.05, 4.69) is 16.3 Å². The first-order valence-electron chi connectivity index (χ1n) is 13.8. The van der Waals surface area contributed by atoms with Crippen LogP contribution in [0.5, 0.6) is 0 Å². The zero-order valence-corrected chi connectivity index (χ0v) is 23.2. The Balaban J connectivity index is 1.22.